The van der Waals surface area contributed by atoms with E-state index >= 15 is 0 Å². The van der Waals surface area contributed by atoms with E-state index in [0.717, 1.165) is 24.1 Å². The number of amides is 2. The highest BCUT2D eigenvalue weighted by atomic mass is 19.1. The Kier molecular flexibility index (Phi) is 5.61. The molecule has 1 aliphatic rings. The van der Waals surface area contributed by atoms with Gasteiger partial charge in [0.15, 0.2) is 0 Å². The third kappa shape index (κ3) is 4.25. The highest BCUT2D eigenvalue weighted by molar-refractivity contribution is 5.79. The Hall–Kier alpha value is -2.76. The number of rotatable bonds is 5. The van der Waals surface area contributed by atoms with Crippen molar-refractivity contribution in [1.82, 2.24) is 15.2 Å². The van der Waals surface area contributed by atoms with Crippen molar-refractivity contribution in [3.8, 4) is 0 Å². The van der Waals surface area contributed by atoms with Crippen LogP contribution in [-0.2, 0) is 22.6 Å². The summed E-state index contributed by atoms with van der Waals surface area (Å²) in [6.45, 7) is 2.57. The van der Waals surface area contributed by atoms with Crippen molar-refractivity contribution in [2.45, 2.75) is 38.8 Å². The summed E-state index contributed by atoms with van der Waals surface area (Å²) in [6.07, 6.45) is 3.54. The van der Waals surface area contributed by atoms with Crippen LogP contribution >= 0.6 is 0 Å². The van der Waals surface area contributed by atoms with Gasteiger partial charge in [0, 0.05) is 26.2 Å². The van der Waals surface area contributed by atoms with Crippen LogP contribution in [0, 0.1) is 5.82 Å². The van der Waals surface area contributed by atoms with Gasteiger partial charge >= 0.3 is 0 Å². The third-order valence-corrected chi connectivity index (χ3v) is 4.60. The summed E-state index contributed by atoms with van der Waals surface area (Å²) in [5.41, 5.74) is 2.16. The minimum atomic E-state index is -0.350. The van der Waals surface area contributed by atoms with Gasteiger partial charge in [-0.3, -0.25) is 14.6 Å². The van der Waals surface area contributed by atoms with E-state index < -0.39 is 0 Å². The van der Waals surface area contributed by atoms with E-state index in [1.807, 2.05) is 12.1 Å². The molecule has 0 saturated carbocycles. The Morgan fingerprint density at radius 1 is 1.27 bits per heavy atom. The van der Waals surface area contributed by atoms with Crippen LogP contribution in [0.3, 0.4) is 0 Å². The first kappa shape index (κ1) is 18.0. The van der Waals surface area contributed by atoms with Crippen molar-refractivity contribution in [3.63, 3.8) is 0 Å². The number of hydrogen-bond acceptors (Lipinski definition) is 3. The largest absolute Gasteiger partial charge is 0.352 e. The topological polar surface area (TPSA) is 62.3 Å². The quantitative estimate of drug-likeness (QED) is 0.897. The molecule has 1 atom stereocenters. The fourth-order valence-electron chi connectivity index (χ4n) is 3.24. The molecule has 26 heavy (non-hydrogen) atoms. The maximum atomic E-state index is 13.8. The average molecular weight is 355 g/mol. The Labute approximate surface area is 152 Å². The molecule has 5 nitrogen and oxygen atoms in total. The number of carbonyl (C=O) groups excluding carboxylic acids is 2. The zero-order valence-corrected chi connectivity index (χ0v) is 14.7. The van der Waals surface area contributed by atoms with Crippen LogP contribution < -0.4 is 5.32 Å². The lowest BCUT2D eigenvalue weighted by Crippen LogP contribution is -2.32. The van der Waals surface area contributed by atoms with Crippen molar-refractivity contribution in [3.05, 3.63) is 65.2 Å². The van der Waals surface area contributed by atoms with Crippen LogP contribution in [0.4, 0.5) is 4.39 Å². The lowest BCUT2D eigenvalue weighted by molar-refractivity contribution is -0.131. The SMILES string of the molecule is CC(=O)NCc1ccc(C2CCCN2C(=O)Cc2ccccc2F)nc1. The fraction of sp³-hybridized carbons (Fsp3) is 0.350. The lowest BCUT2D eigenvalue weighted by atomic mass is 10.1. The molecule has 136 valence electrons. The van der Waals surface area contributed by atoms with Gasteiger partial charge < -0.3 is 10.2 Å². The second-order valence-corrected chi connectivity index (χ2v) is 6.51. The van der Waals surface area contributed by atoms with E-state index in [9.17, 15) is 14.0 Å². The molecule has 1 saturated heterocycles. The van der Waals surface area contributed by atoms with Gasteiger partial charge in [-0.15, -0.1) is 0 Å². The third-order valence-electron chi connectivity index (χ3n) is 4.60. The molecule has 0 spiro atoms. The second kappa shape index (κ2) is 8.08. The van der Waals surface area contributed by atoms with Crippen LogP contribution in [-0.4, -0.2) is 28.2 Å². The van der Waals surface area contributed by atoms with E-state index in [2.05, 4.69) is 10.3 Å². The first-order valence-electron chi connectivity index (χ1n) is 8.76. The summed E-state index contributed by atoms with van der Waals surface area (Å²) in [4.78, 5) is 29.9. The predicted octanol–water partition coefficient (Wildman–Crippen LogP) is 2.76. The number of benzene rings is 1. The molecule has 1 fully saturated rings. The number of halogens is 1. The van der Waals surface area contributed by atoms with Gasteiger partial charge in [0.1, 0.15) is 5.82 Å². The summed E-state index contributed by atoms with van der Waals surface area (Å²) in [5, 5.41) is 2.73. The molecular weight excluding hydrogens is 333 g/mol. The van der Waals surface area contributed by atoms with Gasteiger partial charge in [-0.2, -0.15) is 0 Å². The second-order valence-electron chi connectivity index (χ2n) is 6.51. The summed E-state index contributed by atoms with van der Waals surface area (Å²) < 4.78 is 13.8. The number of aromatic nitrogens is 1. The number of carbonyl (C=O) groups is 2. The molecule has 0 aliphatic carbocycles. The number of pyridine rings is 1. The zero-order valence-electron chi connectivity index (χ0n) is 14.7. The molecular formula is C20H22FN3O2. The van der Waals surface area contributed by atoms with Crippen LogP contribution in [0.15, 0.2) is 42.6 Å². The summed E-state index contributed by atoms with van der Waals surface area (Å²) >= 11 is 0. The highest BCUT2D eigenvalue weighted by Gasteiger charge is 2.31. The van der Waals surface area contributed by atoms with E-state index in [-0.39, 0.29) is 30.1 Å². The predicted molar refractivity (Wildman–Crippen MR) is 95.5 cm³/mol. The number of likely N-dealkylation sites (tertiary alicyclic amines) is 1. The smallest absolute Gasteiger partial charge is 0.227 e. The average Bonchev–Trinajstić information content (AvgIpc) is 3.12. The molecule has 2 heterocycles. The van der Waals surface area contributed by atoms with Gasteiger partial charge in [0.2, 0.25) is 11.8 Å². The minimum Gasteiger partial charge on any atom is -0.352 e. The molecule has 1 unspecified atom stereocenters. The van der Waals surface area contributed by atoms with Gasteiger partial charge in [-0.1, -0.05) is 24.3 Å². The normalized spacial score (nSPS) is 16.5. The van der Waals surface area contributed by atoms with Crippen LogP contribution in [0.2, 0.25) is 0 Å². The van der Waals surface area contributed by atoms with Crippen molar-refractivity contribution in [2.75, 3.05) is 6.54 Å². The number of nitrogens with one attached hydrogen (secondary N) is 1. The minimum absolute atomic E-state index is 0.0593. The molecule has 0 radical (unpaired) electrons. The van der Waals surface area contributed by atoms with E-state index in [4.69, 9.17) is 0 Å². The van der Waals surface area contributed by atoms with Crippen LogP contribution in [0.1, 0.15) is 42.6 Å². The summed E-state index contributed by atoms with van der Waals surface area (Å²) in [7, 11) is 0. The molecule has 3 rings (SSSR count). The standard InChI is InChI=1S/C20H22FN3O2/c1-14(25)22-12-15-8-9-18(23-13-15)19-7-4-10-24(19)20(26)11-16-5-2-3-6-17(16)21/h2-3,5-6,8-9,13,19H,4,7,10-12H2,1H3,(H,22,25). The van der Waals surface area contributed by atoms with E-state index in [1.54, 1.807) is 29.3 Å². The Bertz CT molecular complexity index is 792. The monoisotopic (exact) mass is 355 g/mol. The molecule has 2 aromatic rings. The Morgan fingerprint density at radius 2 is 2.08 bits per heavy atom. The molecule has 1 aliphatic heterocycles. The summed E-state index contributed by atoms with van der Waals surface area (Å²) in [6, 6.07) is 10.1. The van der Waals surface area contributed by atoms with Gasteiger partial charge in [-0.25, -0.2) is 4.39 Å². The summed E-state index contributed by atoms with van der Waals surface area (Å²) in [5.74, 6) is -0.520. The molecule has 6 heteroatoms. The fourth-order valence-corrected chi connectivity index (χ4v) is 3.24. The van der Waals surface area contributed by atoms with Gasteiger partial charge in [-0.05, 0) is 36.1 Å². The van der Waals surface area contributed by atoms with E-state index in [0.29, 0.717) is 18.7 Å². The van der Waals surface area contributed by atoms with Crippen LogP contribution in [0.5, 0.6) is 0 Å². The maximum absolute atomic E-state index is 13.8. The molecule has 1 N–H and O–H groups in total. The van der Waals surface area contributed by atoms with Gasteiger partial charge in [0.05, 0.1) is 18.2 Å². The number of hydrogen-bond donors (Lipinski definition) is 1. The Balaban J connectivity index is 1.68. The molecule has 0 bridgehead atoms. The zero-order chi connectivity index (χ0) is 18.5. The van der Waals surface area contributed by atoms with Crippen molar-refractivity contribution >= 4 is 11.8 Å². The van der Waals surface area contributed by atoms with Crippen LogP contribution in [0.25, 0.3) is 0 Å². The van der Waals surface area contributed by atoms with Crippen molar-refractivity contribution < 1.29 is 14.0 Å². The highest BCUT2D eigenvalue weighted by Crippen LogP contribution is 2.31. The molecule has 1 aromatic carbocycles. The van der Waals surface area contributed by atoms with Crippen molar-refractivity contribution in [2.24, 2.45) is 0 Å². The van der Waals surface area contributed by atoms with E-state index in [1.165, 1.54) is 13.0 Å². The van der Waals surface area contributed by atoms with Gasteiger partial charge in [0.25, 0.3) is 0 Å². The Morgan fingerprint density at radius 3 is 2.77 bits per heavy atom. The lowest BCUT2D eigenvalue weighted by Gasteiger charge is -2.24. The first-order valence-corrected chi connectivity index (χ1v) is 8.76. The maximum Gasteiger partial charge on any atom is 0.227 e. The van der Waals surface area contributed by atoms with Crippen molar-refractivity contribution in [1.29, 1.82) is 0 Å². The molecule has 2 amide bonds. The first-order chi connectivity index (χ1) is 12.5. The molecule has 1 aromatic heterocycles. The number of nitrogens with zero attached hydrogens (tertiary/aromatic N) is 2.